The van der Waals surface area contributed by atoms with Crippen LogP contribution in [0.25, 0.3) is 0 Å². The fraction of sp³-hybridized carbons (Fsp3) is 0.562. The van der Waals surface area contributed by atoms with E-state index >= 15 is 0 Å². The second-order valence-electron chi connectivity index (χ2n) is 4.55. The molecule has 4 nitrogen and oxygen atoms in total. The van der Waals surface area contributed by atoms with Crippen LogP contribution >= 0.6 is 0 Å². The highest BCUT2D eigenvalue weighted by Gasteiger charge is 2.08. The predicted octanol–water partition coefficient (Wildman–Crippen LogP) is 3.37. The molecule has 0 radical (unpaired) electrons. The van der Waals surface area contributed by atoms with Gasteiger partial charge < -0.3 is 14.2 Å². The Hall–Kier alpha value is -1.71. The minimum Gasteiger partial charge on any atom is -0.490 e. The van der Waals surface area contributed by atoms with Crippen molar-refractivity contribution in [2.45, 2.75) is 39.5 Å². The van der Waals surface area contributed by atoms with Gasteiger partial charge in [-0.05, 0) is 37.0 Å². The summed E-state index contributed by atoms with van der Waals surface area (Å²) in [6.45, 7) is 5.46. The molecule has 1 rings (SSSR count). The Balaban J connectivity index is 2.74. The maximum absolute atomic E-state index is 11.2. The Kier molecular flexibility index (Phi) is 7.55. The maximum atomic E-state index is 11.2. The highest BCUT2D eigenvalue weighted by atomic mass is 16.5. The summed E-state index contributed by atoms with van der Waals surface area (Å²) in [6.07, 6.45) is 2.92. The van der Waals surface area contributed by atoms with E-state index in [-0.39, 0.29) is 5.97 Å². The van der Waals surface area contributed by atoms with Crippen LogP contribution in [0.4, 0.5) is 0 Å². The molecule has 0 saturated carbocycles. The molecule has 1 aromatic carbocycles. The third kappa shape index (κ3) is 5.51. The van der Waals surface area contributed by atoms with E-state index in [1.54, 1.807) is 0 Å². The summed E-state index contributed by atoms with van der Waals surface area (Å²) < 4.78 is 16.0. The normalized spacial score (nSPS) is 10.2. The number of esters is 1. The topological polar surface area (TPSA) is 44.8 Å². The Morgan fingerprint density at radius 1 is 1.05 bits per heavy atom. The average Bonchev–Trinajstić information content (AvgIpc) is 2.49. The number of benzene rings is 1. The molecule has 0 saturated heterocycles. The van der Waals surface area contributed by atoms with E-state index in [2.05, 4.69) is 18.6 Å². The molecular formula is C16H24O4. The van der Waals surface area contributed by atoms with Crippen molar-refractivity contribution in [1.29, 1.82) is 0 Å². The second kappa shape index (κ2) is 9.23. The zero-order valence-electron chi connectivity index (χ0n) is 12.6. The molecule has 0 fully saturated rings. The molecule has 0 N–H and O–H groups in total. The van der Waals surface area contributed by atoms with Crippen molar-refractivity contribution in [2.75, 3.05) is 20.3 Å². The molecule has 0 aliphatic heterocycles. The standard InChI is InChI=1S/C16H24O4/c1-4-10-19-14-8-6-13(7-9-16(17)18-3)12-15(14)20-11-5-2/h6,8,12H,4-5,7,9-11H2,1-3H3. The molecule has 0 amide bonds. The van der Waals surface area contributed by atoms with Crippen molar-refractivity contribution in [1.82, 2.24) is 0 Å². The number of rotatable bonds is 9. The number of hydrogen-bond donors (Lipinski definition) is 0. The summed E-state index contributed by atoms with van der Waals surface area (Å²) in [4.78, 5) is 11.2. The molecule has 0 aromatic heterocycles. The van der Waals surface area contributed by atoms with Crippen LogP contribution in [0.1, 0.15) is 38.7 Å². The van der Waals surface area contributed by atoms with Crippen LogP contribution in [-0.2, 0) is 16.0 Å². The van der Waals surface area contributed by atoms with Crippen LogP contribution < -0.4 is 9.47 Å². The van der Waals surface area contributed by atoms with Crippen molar-refractivity contribution < 1.29 is 19.0 Å². The largest absolute Gasteiger partial charge is 0.490 e. The van der Waals surface area contributed by atoms with Gasteiger partial charge in [-0.2, -0.15) is 0 Å². The van der Waals surface area contributed by atoms with Gasteiger partial charge in [-0.25, -0.2) is 0 Å². The first-order valence-electron chi connectivity index (χ1n) is 7.16. The van der Waals surface area contributed by atoms with E-state index in [0.29, 0.717) is 26.1 Å². The summed E-state index contributed by atoms with van der Waals surface area (Å²) >= 11 is 0. The smallest absolute Gasteiger partial charge is 0.305 e. The first-order chi connectivity index (χ1) is 9.71. The lowest BCUT2D eigenvalue weighted by Crippen LogP contribution is -2.04. The van der Waals surface area contributed by atoms with Crippen molar-refractivity contribution in [3.05, 3.63) is 23.8 Å². The van der Waals surface area contributed by atoms with Crippen molar-refractivity contribution in [3.8, 4) is 11.5 Å². The van der Waals surface area contributed by atoms with Gasteiger partial charge in [-0.1, -0.05) is 19.9 Å². The molecule has 0 unspecified atom stereocenters. The number of aryl methyl sites for hydroxylation is 1. The maximum Gasteiger partial charge on any atom is 0.305 e. The van der Waals surface area contributed by atoms with E-state index in [1.165, 1.54) is 7.11 Å². The summed E-state index contributed by atoms with van der Waals surface area (Å²) in [7, 11) is 1.40. The van der Waals surface area contributed by atoms with E-state index in [9.17, 15) is 4.79 Å². The predicted molar refractivity (Wildman–Crippen MR) is 78.4 cm³/mol. The molecule has 0 aliphatic rings. The van der Waals surface area contributed by atoms with E-state index in [0.717, 1.165) is 29.9 Å². The Morgan fingerprint density at radius 2 is 1.70 bits per heavy atom. The van der Waals surface area contributed by atoms with Crippen molar-refractivity contribution >= 4 is 5.97 Å². The quantitative estimate of drug-likeness (QED) is 0.651. The van der Waals surface area contributed by atoms with Gasteiger partial charge in [-0.3, -0.25) is 4.79 Å². The number of hydrogen-bond acceptors (Lipinski definition) is 4. The zero-order valence-corrected chi connectivity index (χ0v) is 12.6. The van der Waals surface area contributed by atoms with Crippen LogP contribution in [0.2, 0.25) is 0 Å². The number of ether oxygens (including phenoxy) is 3. The van der Waals surface area contributed by atoms with Crippen LogP contribution in [0.3, 0.4) is 0 Å². The third-order valence-corrected chi connectivity index (χ3v) is 2.78. The van der Waals surface area contributed by atoms with Crippen molar-refractivity contribution in [2.24, 2.45) is 0 Å². The molecule has 0 atom stereocenters. The van der Waals surface area contributed by atoms with Crippen LogP contribution in [0.5, 0.6) is 11.5 Å². The van der Waals surface area contributed by atoms with E-state index in [1.807, 2.05) is 18.2 Å². The Bertz CT molecular complexity index is 415. The fourth-order valence-electron chi connectivity index (χ4n) is 1.71. The monoisotopic (exact) mass is 280 g/mol. The van der Waals surface area contributed by atoms with Gasteiger partial charge in [0.25, 0.3) is 0 Å². The van der Waals surface area contributed by atoms with E-state index < -0.39 is 0 Å². The number of carbonyl (C=O) groups excluding carboxylic acids is 1. The lowest BCUT2D eigenvalue weighted by molar-refractivity contribution is -0.140. The lowest BCUT2D eigenvalue weighted by Gasteiger charge is -2.13. The number of methoxy groups -OCH3 is 1. The van der Waals surface area contributed by atoms with E-state index in [4.69, 9.17) is 9.47 Å². The van der Waals surface area contributed by atoms with Gasteiger partial charge in [0.15, 0.2) is 11.5 Å². The molecule has 1 aromatic rings. The van der Waals surface area contributed by atoms with Gasteiger partial charge >= 0.3 is 5.97 Å². The van der Waals surface area contributed by atoms with Crippen LogP contribution in [-0.4, -0.2) is 26.3 Å². The first kappa shape index (κ1) is 16.3. The first-order valence-corrected chi connectivity index (χ1v) is 7.16. The molecule has 4 heteroatoms. The zero-order chi connectivity index (χ0) is 14.8. The molecule has 0 bridgehead atoms. The molecular weight excluding hydrogens is 256 g/mol. The second-order valence-corrected chi connectivity index (χ2v) is 4.55. The van der Waals surface area contributed by atoms with Crippen LogP contribution in [0, 0.1) is 0 Å². The summed E-state index contributed by atoms with van der Waals surface area (Å²) in [5.41, 5.74) is 1.05. The van der Waals surface area contributed by atoms with Crippen LogP contribution in [0.15, 0.2) is 18.2 Å². The third-order valence-electron chi connectivity index (χ3n) is 2.78. The van der Waals surface area contributed by atoms with Crippen molar-refractivity contribution in [3.63, 3.8) is 0 Å². The Labute approximate surface area is 121 Å². The highest BCUT2D eigenvalue weighted by Crippen LogP contribution is 2.29. The van der Waals surface area contributed by atoms with Gasteiger partial charge in [0.05, 0.1) is 20.3 Å². The minimum atomic E-state index is -0.202. The SMILES string of the molecule is CCCOc1ccc(CCC(=O)OC)cc1OCCC. The molecule has 0 spiro atoms. The lowest BCUT2D eigenvalue weighted by atomic mass is 10.1. The highest BCUT2D eigenvalue weighted by molar-refractivity contribution is 5.69. The molecule has 0 aliphatic carbocycles. The summed E-state index contributed by atoms with van der Waals surface area (Å²) in [5, 5.41) is 0. The average molecular weight is 280 g/mol. The fourth-order valence-corrected chi connectivity index (χ4v) is 1.71. The van der Waals surface area contributed by atoms with Gasteiger partial charge in [0.1, 0.15) is 0 Å². The molecule has 0 heterocycles. The molecule has 20 heavy (non-hydrogen) atoms. The molecule has 112 valence electrons. The number of carbonyl (C=O) groups is 1. The van der Waals surface area contributed by atoms with Gasteiger partial charge in [0.2, 0.25) is 0 Å². The summed E-state index contributed by atoms with van der Waals surface area (Å²) in [5.74, 6) is 1.32. The van der Waals surface area contributed by atoms with Gasteiger partial charge in [0, 0.05) is 6.42 Å². The Morgan fingerprint density at radius 3 is 2.30 bits per heavy atom. The van der Waals surface area contributed by atoms with Gasteiger partial charge in [-0.15, -0.1) is 0 Å². The minimum absolute atomic E-state index is 0.202. The summed E-state index contributed by atoms with van der Waals surface area (Å²) in [6, 6.07) is 5.82.